The van der Waals surface area contributed by atoms with Crippen molar-refractivity contribution in [1.29, 1.82) is 0 Å². The van der Waals surface area contributed by atoms with Crippen LogP contribution in [0.1, 0.15) is 26.3 Å². The summed E-state index contributed by atoms with van der Waals surface area (Å²) in [6.07, 6.45) is 3.29. The van der Waals surface area contributed by atoms with Gasteiger partial charge in [-0.15, -0.1) is 0 Å². The van der Waals surface area contributed by atoms with Gasteiger partial charge in [-0.05, 0) is 44.5 Å². The first-order valence-electron chi connectivity index (χ1n) is 5.86. The van der Waals surface area contributed by atoms with Gasteiger partial charge in [0.1, 0.15) is 5.60 Å². The molecule has 1 N–H and O–H groups in total. The van der Waals surface area contributed by atoms with Crippen LogP contribution in [0.3, 0.4) is 0 Å². The lowest BCUT2D eigenvalue weighted by molar-refractivity contribution is 0.0534. The van der Waals surface area contributed by atoms with E-state index in [-0.39, 0.29) is 0 Å². The van der Waals surface area contributed by atoms with E-state index in [0.29, 0.717) is 11.6 Å². The average molecular weight is 347 g/mol. The Balaban J connectivity index is 2.47. The van der Waals surface area contributed by atoms with E-state index in [1.807, 2.05) is 51.1 Å². The van der Waals surface area contributed by atoms with Crippen LogP contribution >= 0.6 is 27.5 Å². The summed E-state index contributed by atoms with van der Waals surface area (Å²) in [6, 6.07) is 5.53. The second-order valence-electron chi connectivity index (χ2n) is 4.95. The third-order valence-corrected chi connectivity index (χ3v) is 2.98. The molecule has 0 bridgehead atoms. The Morgan fingerprint density at radius 2 is 2.16 bits per heavy atom. The van der Waals surface area contributed by atoms with Gasteiger partial charge in [0.25, 0.3) is 0 Å². The Bertz CT molecular complexity index is 481. The highest BCUT2D eigenvalue weighted by Gasteiger charge is 2.14. The van der Waals surface area contributed by atoms with Gasteiger partial charge in [0.05, 0.1) is 0 Å². The Hall–Kier alpha value is -1.000. The van der Waals surface area contributed by atoms with Crippen LogP contribution < -0.4 is 5.32 Å². The average Bonchev–Trinajstić information content (AvgIpc) is 2.26. The summed E-state index contributed by atoms with van der Waals surface area (Å²) < 4.78 is 6.07. The van der Waals surface area contributed by atoms with Crippen molar-refractivity contribution in [2.75, 3.05) is 6.54 Å². The first-order chi connectivity index (χ1) is 8.78. The lowest BCUT2D eigenvalue weighted by Gasteiger charge is -2.19. The number of ether oxygens (including phenoxy) is 1. The van der Waals surface area contributed by atoms with Crippen molar-refractivity contribution >= 4 is 39.7 Å². The largest absolute Gasteiger partial charge is 0.444 e. The predicted molar refractivity (Wildman–Crippen MR) is 82.4 cm³/mol. The van der Waals surface area contributed by atoms with E-state index in [1.165, 1.54) is 0 Å². The summed E-state index contributed by atoms with van der Waals surface area (Å²) in [6.45, 7) is 5.87. The van der Waals surface area contributed by atoms with Crippen LogP contribution in [0.5, 0.6) is 0 Å². The van der Waals surface area contributed by atoms with Crippen LogP contribution in [-0.2, 0) is 4.74 Å². The Labute approximate surface area is 127 Å². The zero-order chi connectivity index (χ0) is 14.5. The van der Waals surface area contributed by atoms with Crippen molar-refractivity contribution in [1.82, 2.24) is 5.32 Å². The first kappa shape index (κ1) is 16.1. The van der Waals surface area contributed by atoms with Gasteiger partial charge in [0, 0.05) is 16.0 Å². The molecule has 19 heavy (non-hydrogen) atoms. The minimum Gasteiger partial charge on any atom is -0.444 e. The Kier molecular flexibility index (Phi) is 5.88. The zero-order valence-electron chi connectivity index (χ0n) is 11.2. The number of hydrogen-bond donors (Lipinski definition) is 1. The van der Waals surface area contributed by atoms with Crippen molar-refractivity contribution < 1.29 is 9.53 Å². The van der Waals surface area contributed by atoms with Crippen molar-refractivity contribution in [3.05, 3.63) is 39.3 Å². The van der Waals surface area contributed by atoms with E-state index < -0.39 is 11.7 Å². The highest BCUT2D eigenvalue weighted by atomic mass is 79.9. The number of amides is 1. The van der Waals surface area contributed by atoms with Crippen LogP contribution in [0.4, 0.5) is 4.79 Å². The molecule has 0 saturated heterocycles. The number of benzene rings is 1. The lowest BCUT2D eigenvalue weighted by Crippen LogP contribution is -2.32. The molecule has 0 aliphatic rings. The molecule has 5 heteroatoms. The number of carbonyl (C=O) groups is 1. The summed E-state index contributed by atoms with van der Waals surface area (Å²) >= 11 is 9.34. The fourth-order valence-electron chi connectivity index (χ4n) is 1.28. The van der Waals surface area contributed by atoms with Crippen LogP contribution in [-0.4, -0.2) is 18.2 Å². The van der Waals surface area contributed by atoms with Crippen LogP contribution in [0, 0.1) is 0 Å². The van der Waals surface area contributed by atoms with Gasteiger partial charge in [-0.3, -0.25) is 0 Å². The van der Waals surface area contributed by atoms with E-state index >= 15 is 0 Å². The molecule has 1 amide bonds. The third kappa shape index (κ3) is 6.64. The summed E-state index contributed by atoms with van der Waals surface area (Å²) in [7, 11) is 0. The maximum Gasteiger partial charge on any atom is 0.407 e. The molecule has 0 heterocycles. The quantitative estimate of drug-likeness (QED) is 0.866. The molecule has 1 aromatic carbocycles. The number of carbonyl (C=O) groups excluding carboxylic acids is 1. The van der Waals surface area contributed by atoms with Gasteiger partial charge in [-0.2, -0.15) is 0 Å². The first-order valence-corrected chi connectivity index (χ1v) is 7.03. The molecule has 0 radical (unpaired) electrons. The second kappa shape index (κ2) is 6.96. The maximum absolute atomic E-state index is 11.4. The second-order valence-corrected chi connectivity index (χ2v) is 6.24. The molecule has 0 unspecified atom stereocenters. The topological polar surface area (TPSA) is 38.3 Å². The third-order valence-electron chi connectivity index (χ3n) is 2.02. The van der Waals surface area contributed by atoms with E-state index in [2.05, 4.69) is 21.2 Å². The van der Waals surface area contributed by atoms with Gasteiger partial charge >= 0.3 is 6.09 Å². The summed E-state index contributed by atoms with van der Waals surface area (Å²) in [5.74, 6) is 0. The molecule has 104 valence electrons. The minimum atomic E-state index is -0.482. The normalized spacial score (nSPS) is 11.6. The molecule has 0 aromatic heterocycles. The maximum atomic E-state index is 11.4. The molecule has 0 spiro atoms. The minimum absolute atomic E-state index is 0.397. The summed E-state index contributed by atoms with van der Waals surface area (Å²) in [4.78, 5) is 11.4. The van der Waals surface area contributed by atoms with Crippen molar-refractivity contribution in [3.8, 4) is 0 Å². The Morgan fingerprint density at radius 3 is 2.79 bits per heavy atom. The molecule has 0 aliphatic heterocycles. The number of rotatable bonds is 3. The number of nitrogens with one attached hydrogen (secondary N) is 1. The van der Waals surface area contributed by atoms with E-state index in [4.69, 9.17) is 16.3 Å². The van der Waals surface area contributed by atoms with Gasteiger partial charge in [-0.1, -0.05) is 39.7 Å². The number of hydrogen-bond acceptors (Lipinski definition) is 2. The molecule has 0 fully saturated rings. The Morgan fingerprint density at radius 1 is 1.47 bits per heavy atom. The monoisotopic (exact) mass is 345 g/mol. The van der Waals surface area contributed by atoms with Crippen LogP contribution in [0.15, 0.2) is 28.7 Å². The lowest BCUT2D eigenvalue weighted by atomic mass is 10.2. The molecular formula is C14H17BrClNO2. The van der Waals surface area contributed by atoms with Gasteiger partial charge < -0.3 is 10.1 Å². The molecule has 1 rings (SSSR count). The van der Waals surface area contributed by atoms with Crippen molar-refractivity contribution in [2.45, 2.75) is 26.4 Å². The zero-order valence-corrected chi connectivity index (χ0v) is 13.5. The summed E-state index contributed by atoms with van der Waals surface area (Å²) in [5.41, 5.74) is 0.475. The van der Waals surface area contributed by atoms with Crippen molar-refractivity contribution in [3.63, 3.8) is 0 Å². The SMILES string of the molecule is CC(C)(C)OC(=O)NCC=Cc1cc(Cl)ccc1Br. The number of halogens is 2. The fraction of sp³-hybridized carbons (Fsp3) is 0.357. The molecular weight excluding hydrogens is 330 g/mol. The highest BCUT2D eigenvalue weighted by molar-refractivity contribution is 9.10. The van der Waals surface area contributed by atoms with Crippen LogP contribution in [0.2, 0.25) is 5.02 Å². The summed E-state index contributed by atoms with van der Waals surface area (Å²) in [5, 5.41) is 3.32. The van der Waals surface area contributed by atoms with Gasteiger partial charge in [0.2, 0.25) is 0 Å². The smallest absolute Gasteiger partial charge is 0.407 e. The molecule has 0 saturated carbocycles. The molecule has 0 aliphatic carbocycles. The molecule has 3 nitrogen and oxygen atoms in total. The van der Waals surface area contributed by atoms with Crippen LogP contribution in [0.25, 0.3) is 6.08 Å². The van der Waals surface area contributed by atoms with E-state index in [1.54, 1.807) is 0 Å². The van der Waals surface area contributed by atoms with Gasteiger partial charge in [0.15, 0.2) is 0 Å². The van der Waals surface area contributed by atoms with E-state index in [9.17, 15) is 4.79 Å². The molecule has 0 atom stereocenters. The van der Waals surface area contributed by atoms with Gasteiger partial charge in [-0.25, -0.2) is 4.79 Å². The predicted octanol–water partition coefficient (Wildman–Crippen LogP) is 4.64. The highest BCUT2D eigenvalue weighted by Crippen LogP contribution is 2.22. The molecule has 1 aromatic rings. The van der Waals surface area contributed by atoms with Crippen molar-refractivity contribution in [2.24, 2.45) is 0 Å². The number of alkyl carbamates (subject to hydrolysis) is 1. The fourth-order valence-corrected chi connectivity index (χ4v) is 1.84. The van der Waals surface area contributed by atoms with E-state index in [0.717, 1.165) is 10.0 Å². The standard InChI is InChI=1S/C14H17BrClNO2/c1-14(2,3)19-13(18)17-8-4-5-10-9-11(16)6-7-12(10)15/h4-7,9H,8H2,1-3H3,(H,17,18).